The Bertz CT molecular complexity index is 788. The molecule has 4 rings (SSSR count). The fourth-order valence-corrected chi connectivity index (χ4v) is 3.97. The quantitative estimate of drug-likeness (QED) is 0.877. The number of hydrogen-bond acceptors (Lipinski definition) is 4. The average molecular weight is 357 g/mol. The molecule has 2 N–H and O–H groups in total. The molecule has 1 fully saturated rings. The van der Waals surface area contributed by atoms with Gasteiger partial charge in [-0.05, 0) is 37.0 Å². The van der Waals surface area contributed by atoms with Gasteiger partial charge in [0.05, 0.1) is 23.5 Å². The molecule has 2 aliphatic heterocycles. The molecule has 0 spiro atoms. The van der Waals surface area contributed by atoms with Gasteiger partial charge in [0, 0.05) is 32.6 Å². The molecule has 2 unspecified atom stereocenters. The Balaban J connectivity index is 1.46. The predicted molar refractivity (Wildman–Crippen MR) is 95.9 cm³/mol. The van der Waals surface area contributed by atoms with Crippen molar-refractivity contribution in [1.82, 2.24) is 25.5 Å². The molecule has 26 heavy (non-hydrogen) atoms. The zero-order valence-electron chi connectivity index (χ0n) is 14.9. The van der Waals surface area contributed by atoms with Gasteiger partial charge in [0.2, 0.25) is 0 Å². The van der Waals surface area contributed by atoms with Gasteiger partial charge in [-0.1, -0.05) is 12.1 Å². The number of amides is 1. The van der Waals surface area contributed by atoms with Gasteiger partial charge < -0.3 is 4.90 Å². The Labute approximate surface area is 152 Å². The summed E-state index contributed by atoms with van der Waals surface area (Å²) in [5.41, 5.74) is 9.22. The Morgan fingerprint density at radius 1 is 1.35 bits per heavy atom. The van der Waals surface area contributed by atoms with E-state index in [-0.39, 0.29) is 23.7 Å². The number of benzene rings is 1. The van der Waals surface area contributed by atoms with E-state index in [4.69, 9.17) is 0 Å². The van der Waals surface area contributed by atoms with Crippen LogP contribution in [0.2, 0.25) is 0 Å². The van der Waals surface area contributed by atoms with Crippen molar-refractivity contribution in [1.29, 1.82) is 0 Å². The van der Waals surface area contributed by atoms with Gasteiger partial charge in [0.15, 0.2) is 0 Å². The van der Waals surface area contributed by atoms with Crippen molar-refractivity contribution < 1.29 is 9.18 Å². The molecule has 138 valence electrons. The number of nitrogens with zero attached hydrogens (tertiary/aromatic N) is 3. The molecule has 1 aromatic heterocycles. The Kier molecular flexibility index (Phi) is 4.74. The monoisotopic (exact) mass is 357 g/mol. The second-order valence-corrected chi connectivity index (χ2v) is 7.19. The van der Waals surface area contributed by atoms with E-state index in [1.807, 2.05) is 11.7 Å². The van der Waals surface area contributed by atoms with Gasteiger partial charge >= 0.3 is 0 Å². The van der Waals surface area contributed by atoms with Crippen LogP contribution in [0.25, 0.3) is 0 Å². The summed E-state index contributed by atoms with van der Waals surface area (Å²) in [6.45, 7) is 2.27. The van der Waals surface area contributed by atoms with Crippen molar-refractivity contribution in [3.05, 3.63) is 53.1 Å². The van der Waals surface area contributed by atoms with Crippen LogP contribution in [-0.2, 0) is 13.0 Å². The highest BCUT2D eigenvalue weighted by atomic mass is 19.1. The summed E-state index contributed by atoms with van der Waals surface area (Å²) in [7, 11) is 1.84. The van der Waals surface area contributed by atoms with E-state index in [0.717, 1.165) is 49.2 Å². The first-order chi connectivity index (χ1) is 12.6. The van der Waals surface area contributed by atoms with E-state index in [0.29, 0.717) is 6.54 Å². The first-order valence-electron chi connectivity index (χ1n) is 9.17. The third-order valence-electron chi connectivity index (χ3n) is 5.39. The van der Waals surface area contributed by atoms with E-state index < -0.39 is 0 Å². The van der Waals surface area contributed by atoms with Crippen LogP contribution in [-0.4, -0.2) is 40.7 Å². The maximum absolute atomic E-state index is 13.2. The number of carbonyl (C=O) groups excluding carboxylic acids is 1. The normalized spacial score (nSPS) is 22.2. The van der Waals surface area contributed by atoms with Crippen LogP contribution in [0.15, 0.2) is 30.5 Å². The van der Waals surface area contributed by atoms with Crippen molar-refractivity contribution in [3.63, 3.8) is 0 Å². The Hall–Kier alpha value is -2.25. The minimum Gasteiger partial charge on any atom is -0.341 e. The summed E-state index contributed by atoms with van der Waals surface area (Å²) in [6.07, 6.45) is 4.86. The van der Waals surface area contributed by atoms with Gasteiger partial charge in [-0.2, -0.15) is 5.10 Å². The fourth-order valence-electron chi connectivity index (χ4n) is 3.97. The number of hydrazine groups is 1. The first-order valence-corrected chi connectivity index (χ1v) is 9.17. The van der Waals surface area contributed by atoms with E-state index in [1.165, 1.54) is 12.1 Å². The maximum atomic E-state index is 13.2. The molecule has 0 radical (unpaired) electrons. The molecule has 2 aromatic rings. The van der Waals surface area contributed by atoms with Gasteiger partial charge in [0.25, 0.3) is 5.91 Å². The smallest absolute Gasteiger partial charge is 0.257 e. The third kappa shape index (κ3) is 3.24. The molecule has 2 atom stereocenters. The largest absolute Gasteiger partial charge is 0.341 e. The molecule has 2 aliphatic rings. The van der Waals surface area contributed by atoms with Gasteiger partial charge in [-0.15, -0.1) is 0 Å². The maximum Gasteiger partial charge on any atom is 0.257 e. The summed E-state index contributed by atoms with van der Waals surface area (Å²) in [5, 5.41) is 4.37. The summed E-state index contributed by atoms with van der Waals surface area (Å²) >= 11 is 0. The van der Waals surface area contributed by atoms with Crippen molar-refractivity contribution in [2.45, 2.75) is 31.8 Å². The highest BCUT2D eigenvalue weighted by Gasteiger charge is 2.31. The molecule has 1 aromatic carbocycles. The van der Waals surface area contributed by atoms with Crippen molar-refractivity contribution in [2.24, 2.45) is 5.92 Å². The topological polar surface area (TPSA) is 62.2 Å². The summed E-state index contributed by atoms with van der Waals surface area (Å²) in [5.74, 6) is -0.00625. The lowest BCUT2D eigenvalue weighted by atomic mass is 9.94. The van der Waals surface area contributed by atoms with Crippen LogP contribution < -0.4 is 10.9 Å². The molecule has 1 saturated heterocycles. The molecular formula is C19H24FN5O. The van der Waals surface area contributed by atoms with E-state index in [2.05, 4.69) is 16.0 Å². The lowest BCUT2D eigenvalue weighted by Crippen LogP contribution is -2.35. The zero-order valence-corrected chi connectivity index (χ0v) is 14.9. The van der Waals surface area contributed by atoms with E-state index >= 15 is 0 Å². The molecule has 0 saturated carbocycles. The Morgan fingerprint density at radius 2 is 2.15 bits per heavy atom. The average Bonchev–Trinajstić information content (AvgIpc) is 3.28. The van der Waals surface area contributed by atoms with Gasteiger partial charge in [-0.25, -0.2) is 9.82 Å². The Morgan fingerprint density at radius 3 is 2.96 bits per heavy atom. The summed E-state index contributed by atoms with van der Waals surface area (Å²) in [6, 6.07) is 6.58. The lowest BCUT2D eigenvalue weighted by molar-refractivity contribution is 0.0769. The molecule has 3 heterocycles. The van der Waals surface area contributed by atoms with Crippen molar-refractivity contribution >= 4 is 5.91 Å². The highest BCUT2D eigenvalue weighted by molar-refractivity contribution is 5.95. The molecular weight excluding hydrogens is 333 g/mol. The van der Waals surface area contributed by atoms with Crippen LogP contribution in [0.1, 0.15) is 40.5 Å². The second kappa shape index (κ2) is 7.17. The van der Waals surface area contributed by atoms with E-state index in [1.54, 1.807) is 23.2 Å². The zero-order chi connectivity index (χ0) is 18.1. The number of aromatic nitrogens is 2. The fraction of sp³-hybridized carbons (Fsp3) is 0.474. The standard InChI is InChI=1S/C19H24FN5O/c1-24(19(26)16-11-22-25-9-3-2-4-17(16)25)12-14-10-21-23-18(14)13-5-7-15(20)8-6-13/h5-8,11,14,18,21,23H,2-4,9-10,12H2,1H3. The number of fused-ring (bicyclic) bond motifs is 1. The molecule has 0 aliphatic carbocycles. The highest BCUT2D eigenvalue weighted by Crippen LogP contribution is 2.26. The summed E-state index contributed by atoms with van der Waals surface area (Å²) < 4.78 is 15.1. The minimum absolute atomic E-state index is 0.0258. The SMILES string of the molecule is CN(CC1CNNC1c1ccc(F)cc1)C(=O)c1cnn2c1CCCC2. The second-order valence-electron chi connectivity index (χ2n) is 7.19. The first kappa shape index (κ1) is 17.2. The number of nitrogens with one attached hydrogen (secondary N) is 2. The van der Waals surface area contributed by atoms with Crippen LogP contribution >= 0.6 is 0 Å². The molecule has 7 heteroatoms. The van der Waals surface area contributed by atoms with E-state index in [9.17, 15) is 9.18 Å². The molecule has 6 nitrogen and oxygen atoms in total. The van der Waals surface area contributed by atoms with Crippen LogP contribution in [0.4, 0.5) is 4.39 Å². The van der Waals surface area contributed by atoms with Gasteiger partial charge in [-0.3, -0.25) is 14.9 Å². The van der Waals surface area contributed by atoms with Crippen LogP contribution in [0.5, 0.6) is 0 Å². The van der Waals surface area contributed by atoms with Crippen molar-refractivity contribution in [3.8, 4) is 0 Å². The number of rotatable bonds is 4. The third-order valence-corrected chi connectivity index (χ3v) is 5.39. The summed E-state index contributed by atoms with van der Waals surface area (Å²) in [4.78, 5) is 14.7. The number of aryl methyl sites for hydroxylation is 1. The van der Waals surface area contributed by atoms with Gasteiger partial charge in [0.1, 0.15) is 5.82 Å². The predicted octanol–water partition coefficient (Wildman–Crippen LogP) is 1.90. The number of halogens is 1. The lowest BCUT2D eigenvalue weighted by Gasteiger charge is -2.25. The van der Waals surface area contributed by atoms with Crippen molar-refractivity contribution in [2.75, 3.05) is 20.1 Å². The minimum atomic E-state index is -0.241. The molecule has 0 bridgehead atoms. The number of hydrogen-bond donors (Lipinski definition) is 2. The van der Waals surface area contributed by atoms with Crippen LogP contribution in [0, 0.1) is 11.7 Å². The van der Waals surface area contributed by atoms with Crippen LogP contribution in [0.3, 0.4) is 0 Å². The number of carbonyl (C=O) groups is 1. The molecule has 1 amide bonds.